The van der Waals surface area contributed by atoms with Gasteiger partial charge in [0.1, 0.15) is 11.3 Å². The van der Waals surface area contributed by atoms with Crippen molar-refractivity contribution in [1.82, 2.24) is 0 Å². The lowest BCUT2D eigenvalue weighted by molar-refractivity contribution is 0.0696. The van der Waals surface area contributed by atoms with Gasteiger partial charge in [0.25, 0.3) is 0 Å². The predicted molar refractivity (Wildman–Crippen MR) is 58.9 cm³/mol. The van der Waals surface area contributed by atoms with Gasteiger partial charge in [-0.25, -0.2) is 4.79 Å². The van der Waals surface area contributed by atoms with E-state index in [4.69, 9.17) is 9.52 Å². The number of benzene rings is 1. The highest BCUT2D eigenvalue weighted by Crippen LogP contribution is 2.18. The lowest BCUT2D eigenvalue weighted by atomic mass is 10.1. The van der Waals surface area contributed by atoms with Gasteiger partial charge in [0.05, 0.1) is 10.9 Å². The number of carboxylic acid groups (broad SMARTS) is 1. The maximum Gasteiger partial charge on any atom is 0.336 e. The second kappa shape index (κ2) is 3.48. The summed E-state index contributed by atoms with van der Waals surface area (Å²) in [6.45, 7) is 3.31. The zero-order chi connectivity index (χ0) is 11.9. The van der Waals surface area contributed by atoms with E-state index in [2.05, 4.69) is 0 Å². The number of rotatable bonds is 1. The van der Waals surface area contributed by atoms with Crippen LogP contribution in [0.1, 0.15) is 21.7 Å². The fourth-order valence-corrected chi connectivity index (χ4v) is 1.66. The summed E-state index contributed by atoms with van der Waals surface area (Å²) in [5.74, 6) is -0.554. The molecule has 0 fully saturated rings. The standard InChI is InChI=1S/C12H10O4/c1-6-3-9-10(13)4-7(2)16-11(9)5-8(6)12(14)15/h3-5H,1-2H3,(H,14,15). The molecule has 4 heteroatoms. The highest BCUT2D eigenvalue weighted by atomic mass is 16.4. The molecule has 0 aliphatic heterocycles. The van der Waals surface area contributed by atoms with E-state index in [1.807, 2.05) is 0 Å². The van der Waals surface area contributed by atoms with Crippen LogP contribution in [0.3, 0.4) is 0 Å². The minimum atomic E-state index is -1.02. The second-order valence-electron chi connectivity index (χ2n) is 3.69. The number of hydrogen-bond donors (Lipinski definition) is 1. The van der Waals surface area contributed by atoms with Crippen molar-refractivity contribution in [3.05, 3.63) is 45.3 Å². The Balaban J connectivity index is 2.90. The van der Waals surface area contributed by atoms with Crippen LogP contribution in [-0.4, -0.2) is 11.1 Å². The normalized spacial score (nSPS) is 10.6. The molecule has 2 aromatic rings. The van der Waals surface area contributed by atoms with Crippen molar-refractivity contribution in [2.45, 2.75) is 13.8 Å². The van der Waals surface area contributed by atoms with Crippen molar-refractivity contribution in [3.8, 4) is 0 Å². The Morgan fingerprint density at radius 1 is 1.25 bits per heavy atom. The minimum absolute atomic E-state index is 0.154. The molecule has 0 saturated heterocycles. The van der Waals surface area contributed by atoms with Gasteiger partial charge >= 0.3 is 5.97 Å². The molecule has 1 heterocycles. The van der Waals surface area contributed by atoms with Gasteiger partial charge in [-0.3, -0.25) is 4.79 Å². The van der Waals surface area contributed by atoms with Crippen LogP contribution in [0.4, 0.5) is 0 Å². The third-order valence-electron chi connectivity index (χ3n) is 2.43. The molecule has 1 N–H and O–H groups in total. The lowest BCUT2D eigenvalue weighted by Crippen LogP contribution is -2.05. The number of aryl methyl sites for hydroxylation is 2. The molecule has 16 heavy (non-hydrogen) atoms. The first-order valence-corrected chi connectivity index (χ1v) is 4.77. The van der Waals surface area contributed by atoms with E-state index < -0.39 is 5.97 Å². The zero-order valence-corrected chi connectivity index (χ0v) is 8.90. The number of carbonyl (C=O) groups is 1. The molecular weight excluding hydrogens is 208 g/mol. The van der Waals surface area contributed by atoms with Gasteiger partial charge in [-0.2, -0.15) is 0 Å². The SMILES string of the molecule is Cc1cc(=O)c2cc(C)c(C(=O)O)cc2o1. The van der Waals surface area contributed by atoms with Crippen LogP contribution in [0.5, 0.6) is 0 Å². The van der Waals surface area contributed by atoms with Crippen molar-refractivity contribution in [2.24, 2.45) is 0 Å². The van der Waals surface area contributed by atoms with Crippen LogP contribution in [0.15, 0.2) is 27.4 Å². The molecule has 2 rings (SSSR count). The summed E-state index contributed by atoms with van der Waals surface area (Å²) < 4.78 is 5.32. The Bertz CT molecular complexity index is 637. The second-order valence-corrected chi connectivity index (χ2v) is 3.69. The first-order valence-electron chi connectivity index (χ1n) is 4.77. The van der Waals surface area contributed by atoms with Crippen molar-refractivity contribution >= 4 is 16.9 Å². The Hall–Kier alpha value is -2.10. The summed E-state index contributed by atoms with van der Waals surface area (Å²) >= 11 is 0. The van der Waals surface area contributed by atoms with Gasteiger partial charge in [0.2, 0.25) is 0 Å². The molecule has 0 amide bonds. The third-order valence-corrected chi connectivity index (χ3v) is 2.43. The molecule has 0 spiro atoms. The number of carboxylic acids is 1. The highest BCUT2D eigenvalue weighted by Gasteiger charge is 2.11. The summed E-state index contributed by atoms with van der Waals surface area (Å²) in [5.41, 5.74) is 0.865. The Kier molecular flexibility index (Phi) is 2.27. The van der Waals surface area contributed by atoms with E-state index in [9.17, 15) is 9.59 Å². The number of fused-ring (bicyclic) bond motifs is 1. The fourth-order valence-electron chi connectivity index (χ4n) is 1.66. The molecule has 4 nitrogen and oxygen atoms in total. The van der Waals surface area contributed by atoms with Crippen LogP contribution in [0.2, 0.25) is 0 Å². The molecule has 0 radical (unpaired) electrons. The quantitative estimate of drug-likeness (QED) is 0.795. The first kappa shape index (κ1) is 10.4. The van der Waals surface area contributed by atoms with Crippen LogP contribution in [0, 0.1) is 13.8 Å². The van der Waals surface area contributed by atoms with Crippen molar-refractivity contribution < 1.29 is 14.3 Å². The van der Waals surface area contributed by atoms with E-state index in [0.29, 0.717) is 22.3 Å². The molecule has 0 bridgehead atoms. The molecular formula is C12H10O4. The van der Waals surface area contributed by atoms with Crippen molar-refractivity contribution in [2.75, 3.05) is 0 Å². The van der Waals surface area contributed by atoms with E-state index >= 15 is 0 Å². The predicted octanol–water partition coefficient (Wildman–Crippen LogP) is 2.11. The van der Waals surface area contributed by atoms with Crippen LogP contribution < -0.4 is 5.43 Å². The Labute approximate surface area is 91.1 Å². The summed E-state index contributed by atoms with van der Waals surface area (Å²) in [4.78, 5) is 22.5. The van der Waals surface area contributed by atoms with Gasteiger partial charge in [-0.1, -0.05) is 0 Å². The van der Waals surface area contributed by atoms with Gasteiger partial charge in [-0.05, 0) is 31.5 Å². The molecule has 1 aromatic heterocycles. The van der Waals surface area contributed by atoms with Crippen molar-refractivity contribution in [1.29, 1.82) is 0 Å². The van der Waals surface area contributed by atoms with Crippen LogP contribution in [-0.2, 0) is 0 Å². The average molecular weight is 218 g/mol. The lowest BCUT2D eigenvalue weighted by Gasteiger charge is -2.03. The molecule has 82 valence electrons. The zero-order valence-electron chi connectivity index (χ0n) is 8.90. The van der Waals surface area contributed by atoms with E-state index in [1.54, 1.807) is 19.9 Å². The van der Waals surface area contributed by atoms with Gasteiger partial charge < -0.3 is 9.52 Å². The fraction of sp³-hybridized carbons (Fsp3) is 0.167. The van der Waals surface area contributed by atoms with E-state index in [-0.39, 0.29) is 11.0 Å². The van der Waals surface area contributed by atoms with E-state index in [1.165, 1.54) is 12.1 Å². The molecule has 0 saturated carbocycles. The molecule has 0 aliphatic rings. The highest BCUT2D eigenvalue weighted by molar-refractivity contribution is 5.94. The molecule has 1 aromatic carbocycles. The number of hydrogen-bond acceptors (Lipinski definition) is 3. The van der Waals surface area contributed by atoms with Gasteiger partial charge in [-0.15, -0.1) is 0 Å². The van der Waals surface area contributed by atoms with Gasteiger partial charge in [0, 0.05) is 6.07 Å². The monoisotopic (exact) mass is 218 g/mol. The topological polar surface area (TPSA) is 67.5 Å². The summed E-state index contributed by atoms with van der Waals surface area (Å²) in [6, 6.07) is 4.33. The summed E-state index contributed by atoms with van der Waals surface area (Å²) in [5, 5.41) is 9.35. The average Bonchev–Trinajstić information content (AvgIpc) is 2.18. The van der Waals surface area contributed by atoms with Gasteiger partial charge in [0.15, 0.2) is 5.43 Å². The van der Waals surface area contributed by atoms with E-state index in [0.717, 1.165) is 0 Å². The maximum absolute atomic E-state index is 11.6. The van der Waals surface area contributed by atoms with Crippen LogP contribution >= 0.6 is 0 Å². The number of aromatic carboxylic acids is 1. The van der Waals surface area contributed by atoms with Crippen LogP contribution in [0.25, 0.3) is 11.0 Å². The minimum Gasteiger partial charge on any atom is -0.478 e. The Morgan fingerprint density at radius 3 is 2.56 bits per heavy atom. The molecule has 0 atom stereocenters. The maximum atomic E-state index is 11.6. The molecule has 0 unspecified atom stereocenters. The van der Waals surface area contributed by atoms with Crippen molar-refractivity contribution in [3.63, 3.8) is 0 Å². The smallest absolute Gasteiger partial charge is 0.336 e. The summed E-state index contributed by atoms with van der Waals surface area (Å²) in [6.07, 6.45) is 0. The first-order chi connectivity index (χ1) is 7.49. The third kappa shape index (κ3) is 1.58. The molecule has 0 aliphatic carbocycles. The summed E-state index contributed by atoms with van der Waals surface area (Å²) in [7, 11) is 0. The largest absolute Gasteiger partial charge is 0.478 e. The Morgan fingerprint density at radius 2 is 1.94 bits per heavy atom.